The summed E-state index contributed by atoms with van der Waals surface area (Å²) >= 11 is 0. The van der Waals surface area contributed by atoms with Crippen LogP contribution in [0.25, 0.3) is 11.1 Å². The van der Waals surface area contributed by atoms with Gasteiger partial charge in [-0.3, -0.25) is 0 Å². The molecule has 0 spiro atoms. The SMILES string of the molecule is Cc1ccc(-c2ccc(CO)c(C)c2)c(C(F)(F)F)c1. The fourth-order valence-corrected chi connectivity index (χ4v) is 2.19. The number of alkyl halides is 3. The molecule has 0 heterocycles. The molecule has 2 aromatic rings. The van der Waals surface area contributed by atoms with Crippen molar-refractivity contribution < 1.29 is 18.3 Å². The number of halogens is 3. The lowest BCUT2D eigenvalue weighted by molar-refractivity contribution is -0.137. The van der Waals surface area contributed by atoms with Crippen LogP contribution in [-0.4, -0.2) is 5.11 Å². The molecule has 20 heavy (non-hydrogen) atoms. The Morgan fingerprint density at radius 2 is 1.70 bits per heavy atom. The minimum Gasteiger partial charge on any atom is -0.392 e. The molecule has 0 radical (unpaired) electrons. The second-order valence-electron chi connectivity index (χ2n) is 4.85. The largest absolute Gasteiger partial charge is 0.417 e. The van der Waals surface area contributed by atoms with Gasteiger partial charge in [0.15, 0.2) is 0 Å². The Balaban J connectivity index is 2.61. The molecule has 0 saturated carbocycles. The molecular weight excluding hydrogens is 265 g/mol. The van der Waals surface area contributed by atoms with E-state index >= 15 is 0 Å². The van der Waals surface area contributed by atoms with Gasteiger partial charge in [0.2, 0.25) is 0 Å². The number of rotatable bonds is 2. The van der Waals surface area contributed by atoms with Crippen LogP contribution in [-0.2, 0) is 12.8 Å². The van der Waals surface area contributed by atoms with E-state index in [1.54, 1.807) is 38.1 Å². The molecule has 0 aromatic heterocycles. The molecule has 106 valence electrons. The molecule has 1 nitrogen and oxygen atoms in total. The lowest BCUT2D eigenvalue weighted by Gasteiger charge is -2.15. The zero-order valence-corrected chi connectivity index (χ0v) is 11.3. The van der Waals surface area contributed by atoms with Crippen LogP contribution in [0.4, 0.5) is 13.2 Å². The normalized spacial score (nSPS) is 11.7. The molecule has 2 aromatic carbocycles. The van der Waals surface area contributed by atoms with E-state index in [1.165, 1.54) is 6.07 Å². The Labute approximate surface area is 115 Å². The Bertz CT molecular complexity index is 630. The zero-order chi connectivity index (χ0) is 14.9. The Morgan fingerprint density at radius 1 is 1.00 bits per heavy atom. The molecule has 0 aliphatic carbocycles. The van der Waals surface area contributed by atoms with Crippen molar-refractivity contribution in [2.45, 2.75) is 26.6 Å². The van der Waals surface area contributed by atoms with Gasteiger partial charge in [-0.25, -0.2) is 0 Å². The van der Waals surface area contributed by atoms with Gasteiger partial charge in [0.05, 0.1) is 12.2 Å². The van der Waals surface area contributed by atoms with Crippen LogP contribution in [0.15, 0.2) is 36.4 Å². The number of hydrogen-bond acceptors (Lipinski definition) is 1. The average molecular weight is 280 g/mol. The van der Waals surface area contributed by atoms with E-state index in [-0.39, 0.29) is 12.2 Å². The first kappa shape index (κ1) is 14.6. The van der Waals surface area contributed by atoms with Gasteiger partial charge in [-0.15, -0.1) is 0 Å². The van der Waals surface area contributed by atoms with Gasteiger partial charge < -0.3 is 5.11 Å². The average Bonchev–Trinajstić information content (AvgIpc) is 2.37. The number of benzene rings is 2. The fraction of sp³-hybridized carbons (Fsp3) is 0.250. The summed E-state index contributed by atoms with van der Waals surface area (Å²) in [6, 6.07) is 9.25. The molecule has 0 aliphatic rings. The number of hydrogen-bond donors (Lipinski definition) is 1. The number of aliphatic hydroxyl groups excluding tert-OH is 1. The summed E-state index contributed by atoms with van der Waals surface area (Å²) < 4.78 is 39.4. The molecule has 0 unspecified atom stereocenters. The first-order valence-corrected chi connectivity index (χ1v) is 6.21. The van der Waals surface area contributed by atoms with Crippen molar-refractivity contribution in [3.05, 3.63) is 58.7 Å². The van der Waals surface area contributed by atoms with Gasteiger partial charge in [0, 0.05) is 0 Å². The van der Waals surface area contributed by atoms with E-state index in [0.29, 0.717) is 11.1 Å². The standard InChI is InChI=1S/C16H15F3O/c1-10-3-6-14(15(7-10)16(17,18)19)12-4-5-13(9-20)11(2)8-12/h3-8,20H,9H2,1-2H3. The van der Waals surface area contributed by atoms with Gasteiger partial charge in [-0.2, -0.15) is 13.2 Å². The van der Waals surface area contributed by atoms with E-state index in [4.69, 9.17) is 5.11 Å². The molecule has 0 fully saturated rings. The van der Waals surface area contributed by atoms with Gasteiger partial charge in [-0.1, -0.05) is 35.9 Å². The van der Waals surface area contributed by atoms with Crippen molar-refractivity contribution >= 4 is 0 Å². The number of aliphatic hydroxyl groups is 1. The molecule has 0 amide bonds. The van der Waals surface area contributed by atoms with Crippen molar-refractivity contribution in [3.63, 3.8) is 0 Å². The van der Waals surface area contributed by atoms with Crippen LogP contribution < -0.4 is 0 Å². The third-order valence-corrected chi connectivity index (χ3v) is 3.30. The van der Waals surface area contributed by atoms with Crippen LogP contribution in [0.5, 0.6) is 0 Å². The highest BCUT2D eigenvalue weighted by molar-refractivity contribution is 5.69. The monoisotopic (exact) mass is 280 g/mol. The molecule has 0 bridgehead atoms. The molecule has 1 N–H and O–H groups in total. The van der Waals surface area contributed by atoms with Crippen LogP contribution in [0.1, 0.15) is 22.3 Å². The van der Waals surface area contributed by atoms with Crippen molar-refractivity contribution in [3.8, 4) is 11.1 Å². The van der Waals surface area contributed by atoms with E-state index in [0.717, 1.165) is 17.2 Å². The highest BCUT2D eigenvalue weighted by Gasteiger charge is 2.33. The Kier molecular flexibility index (Phi) is 3.86. The number of aryl methyl sites for hydroxylation is 2. The van der Waals surface area contributed by atoms with Gasteiger partial charge in [-0.05, 0) is 42.2 Å². The summed E-state index contributed by atoms with van der Waals surface area (Å²) in [5.74, 6) is 0. The first-order valence-electron chi connectivity index (χ1n) is 6.21. The smallest absolute Gasteiger partial charge is 0.392 e. The summed E-state index contributed by atoms with van der Waals surface area (Å²) in [5, 5.41) is 9.12. The second kappa shape index (κ2) is 5.29. The molecule has 0 atom stereocenters. The van der Waals surface area contributed by atoms with E-state index in [9.17, 15) is 13.2 Å². The van der Waals surface area contributed by atoms with Crippen molar-refractivity contribution in [1.82, 2.24) is 0 Å². The van der Waals surface area contributed by atoms with E-state index in [2.05, 4.69) is 0 Å². The van der Waals surface area contributed by atoms with Crippen LogP contribution in [0.3, 0.4) is 0 Å². The van der Waals surface area contributed by atoms with Crippen molar-refractivity contribution in [2.75, 3.05) is 0 Å². The predicted molar refractivity (Wildman–Crippen MR) is 72.3 cm³/mol. The summed E-state index contributed by atoms with van der Waals surface area (Å²) in [6.45, 7) is 3.29. The minimum absolute atomic E-state index is 0.119. The van der Waals surface area contributed by atoms with E-state index < -0.39 is 11.7 Å². The molecule has 0 aliphatic heterocycles. The second-order valence-corrected chi connectivity index (χ2v) is 4.85. The van der Waals surface area contributed by atoms with Gasteiger partial charge in [0.1, 0.15) is 0 Å². The fourth-order valence-electron chi connectivity index (χ4n) is 2.19. The Morgan fingerprint density at radius 3 is 2.25 bits per heavy atom. The third-order valence-electron chi connectivity index (χ3n) is 3.30. The lowest BCUT2D eigenvalue weighted by Crippen LogP contribution is -2.07. The highest BCUT2D eigenvalue weighted by Crippen LogP contribution is 2.38. The van der Waals surface area contributed by atoms with Gasteiger partial charge >= 0.3 is 6.18 Å². The van der Waals surface area contributed by atoms with Crippen molar-refractivity contribution in [2.24, 2.45) is 0 Å². The summed E-state index contributed by atoms with van der Waals surface area (Å²) in [4.78, 5) is 0. The lowest BCUT2D eigenvalue weighted by atomic mass is 9.95. The van der Waals surface area contributed by atoms with E-state index in [1.807, 2.05) is 0 Å². The minimum atomic E-state index is -4.38. The van der Waals surface area contributed by atoms with Crippen LogP contribution in [0.2, 0.25) is 0 Å². The maximum Gasteiger partial charge on any atom is 0.417 e. The van der Waals surface area contributed by atoms with Crippen LogP contribution >= 0.6 is 0 Å². The topological polar surface area (TPSA) is 20.2 Å². The quantitative estimate of drug-likeness (QED) is 0.859. The summed E-state index contributed by atoms with van der Waals surface area (Å²) in [6.07, 6.45) is -4.38. The molecular formula is C16H15F3O. The summed E-state index contributed by atoms with van der Waals surface area (Å²) in [5.41, 5.74) is 2.11. The maximum absolute atomic E-state index is 13.1. The molecule has 0 saturated heterocycles. The molecule has 4 heteroatoms. The van der Waals surface area contributed by atoms with Gasteiger partial charge in [0.25, 0.3) is 0 Å². The van der Waals surface area contributed by atoms with Crippen molar-refractivity contribution in [1.29, 1.82) is 0 Å². The third kappa shape index (κ3) is 2.85. The predicted octanol–water partition coefficient (Wildman–Crippen LogP) is 4.48. The zero-order valence-electron chi connectivity index (χ0n) is 11.3. The maximum atomic E-state index is 13.1. The molecule has 2 rings (SSSR count). The Hall–Kier alpha value is -1.81. The highest BCUT2D eigenvalue weighted by atomic mass is 19.4. The first-order chi connectivity index (χ1) is 9.32. The summed E-state index contributed by atoms with van der Waals surface area (Å²) in [7, 11) is 0. The van der Waals surface area contributed by atoms with Crippen LogP contribution in [0, 0.1) is 13.8 Å².